The molecule has 0 bridgehead atoms. The molecule has 0 aliphatic carbocycles. The molecular formula is C22H32N5O2P. The minimum Gasteiger partial charge on any atom is -0.508 e. The van der Waals surface area contributed by atoms with Crippen LogP contribution in [-0.4, -0.2) is 59.3 Å². The maximum atomic E-state index is 9.34. The molecule has 2 aromatic rings. The average Bonchev–Trinajstić information content (AvgIpc) is 2.75. The molecule has 2 aromatic carbocycles. The van der Waals surface area contributed by atoms with Gasteiger partial charge in [0.05, 0.1) is 6.21 Å². The zero-order chi connectivity index (χ0) is 21.9. The van der Waals surface area contributed by atoms with Gasteiger partial charge in [0, 0.05) is 40.6 Å². The molecule has 0 spiro atoms. The van der Waals surface area contributed by atoms with Crippen LogP contribution in [0, 0.1) is 0 Å². The topological polar surface area (TPSA) is 100 Å². The smallest absolute Gasteiger partial charge is 0.123 e. The van der Waals surface area contributed by atoms with Crippen LogP contribution in [0.2, 0.25) is 0 Å². The fourth-order valence-corrected chi connectivity index (χ4v) is 3.39. The maximum Gasteiger partial charge on any atom is 0.123 e. The van der Waals surface area contributed by atoms with E-state index in [1.807, 2.05) is 47.9 Å². The standard InChI is InChI=1S/C22H32N5O2P/c1-17(18(2)30-26(3)25-14-20-4-8-21(28)9-5-20)29-22-10-6-19(7-11-22)12-13-27(15-23)16-24/h4-11,14,17,28H,12-13,15-16,23-24H2,1-3H3/b25-14+. The summed E-state index contributed by atoms with van der Waals surface area (Å²) in [6, 6.07) is 15.1. The van der Waals surface area contributed by atoms with E-state index in [0.717, 1.165) is 37.9 Å². The molecule has 8 heteroatoms. The minimum atomic E-state index is -0.0474. The van der Waals surface area contributed by atoms with Gasteiger partial charge < -0.3 is 21.3 Å². The van der Waals surface area contributed by atoms with Crippen molar-refractivity contribution in [3.05, 3.63) is 59.7 Å². The van der Waals surface area contributed by atoms with E-state index in [2.05, 4.69) is 24.2 Å². The lowest BCUT2D eigenvalue weighted by molar-refractivity contribution is 0.287. The van der Waals surface area contributed by atoms with E-state index in [0.29, 0.717) is 13.3 Å². The number of phenols is 1. The highest BCUT2D eigenvalue weighted by atomic mass is 31.1. The predicted molar refractivity (Wildman–Crippen MR) is 126 cm³/mol. The van der Waals surface area contributed by atoms with Crippen LogP contribution >= 0.6 is 8.35 Å². The number of nitrogens with zero attached hydrogens (tertiary/aromatic N) is 3. The van der Waals surface area contributed by atoms with Gasteiger partial charge in [0.2, 0.25) is 0 Å². The highest BCUT2D eigenvalue weighted by Gasteiger charge is 2.08. The summed E-state index contributed by atoms with van der Waals surface area (Å²) in [6.07, 6.45) is 2.62. The van der Waals surface area contributed by atoms with E-state index in [1.165, 1.54) is 5.56 Å². The first-order valence-corrected chi connectivity index (χ1v) is 10.8. The van der Waals surface area contributed by atoms with Crippen molar-refractivity contribution >= 4 is 19.9 Å². The molecule has 0 fully saturated rings. The van der Waals surface area contributed by atoms with Crippen LogP contribution in [0.1, 0.15) is 25.0 Å². The van der Waals surface area contributed by atoms with Crippen molar-refractivity contribution in [2.24, 2.45) is 16.6 Å². The van der Waals surface area contributed by atoms with Gasteiger partial charge >= 0.3 is 0 Å². The molecule has 0 amide bonds. The molecule has 0 saturated heterocycles. The Morgan fingerprint density at radius 3 is 2.37 bits per heavy atom. The quantitative estimate of drug-likeness (QED) is 0.220. The van der Waals surface area contributed by atoms with Gasteiger partial charge in [-0.25, -0.2) is 0 Å². The monoisotopic (exact) mass is 429 g/mol. The lowest BCUT2D eigenvalue weighted by Gasteiger charge is -2.18. The fourth-order valence-electron chi connectivity index (χ4n) is 2.61. The first-order valence-electron chi connectivity index (χ1n) is 9.91. The van der Waals surface area contributed by atoms with Gasteiger partial charge in [-0.05, 0) is 67.8 Å². The number of aromatic hydroxyl groups is 1. The lowest BCUT2D eigenvalue weighted by Crippen LogP contribution is -2.36. The van der Waals surface area contributed by atoms with Crippen LogP contribution < -0.4 is 16.2 Å². The Bertz CT molecular complexity index is 820. The summed E-state index contributed by atoms with van der Waals surface area (Å²) >= 11 is 0. The van der Waals surface area contributed by atoms with Gasteiger partial charge in [0.1, 0.15) is 17.6 Å². The molecule has 0 aliphatic heterocycles. The zero-order valence-electron chi connectivity index (χ0n) is 17.9. The van der Waals surface area contributed by atoms with E-state index in [-0.39, 0.29) is 11.9 Å². The van der Waals surface area contributed by atoms with E-state index >= 15 is 0 Å². The van der Waals surface area contributed by atoms with Crippen LogP contribution in [-0.2, 0) is 6.42 Å². The van der Waals surface area contributed by atoms with Gasteiger partial charge in [-0.2, -0.15) is 5.10 Å². The molecular weight excluding hydrogens is 397 g/mol. The normalized spacial score (nSPS) is 13.1. The van der Waals surface area contributed by atoms with E-state index in [4.69, 9.17) is 16.2 Å². The summed E-state index contributed by atoms with van der Waals surface area (Å²) in [7, 11) is 2.87. The summed E-state index contributed by atoms with van der Waals surface area (Å²) in [6.45, 7) is 5.87. The van der Waals surface area contributed by atoms with Gasteiger partial charge in [-0.1, -0.05) is 12.1 Å². The average molecular weight is 430 g/mol. The van der Waals surface area contributed by atoms with Crippen LogP contribution in [0.3, 0.4) is 0 Å². The maximum absolute atomic E-state index is 9.34. The minimum absolute atomic E-state index is 0.0474. The summed E-state index contributed by atoms with van der Waals surface area (Å²) in [5.41, 5.74) is 13.4. The molecule has 0 aliphatic rings. The number of phenolic OH excluding ortho intramolecular Hbond substituents is 1. The van der Waals surface area contributed by atoms with Crippen molar-refractivity contribution in [2.75, 3.05) is 26.9 Å². The van der Waals surface area contributed by atoms with Crippen LogP contribution in [0.25, 0.3) is 0 Å². The molecule has 0 aromatic heterocycles. The Morgan fingerprint density at radius 2 is 1.77 bits per heavy atom. The van der Waals surface area contributed by atoms with Crippen molar-refractivity contribution in [3.8, 4) is 11.5 Å². The van der Waals surface area contributed by atoms with Crippen molar-refractivity contribution < 1.29 is 9.84 Å². The van der Waals surface area contributed by atoms with Gasteiger partial charge in [-0.15, -0.1) is 0 Å². The molecule has 7 nitrogen and oxygen atoms in total. The van der Waals surface area contributed by atoms with Crippen LogP contribution in [0.5, 0.6) is 11.5 Å². The number of nitrogens with two attached hydrogens (primary N) is 2. The molecule has 30 heavy (non-hydrogen) atoms. The number of benzene rings is 2. The van der Waals surface area contributed by atoms with E-state index in [1.54, 1.807) is 18.3 Å². The molecule has 0 heterocycles. The second-order valence-electron chi connectivity index (χ2n) is 6.98. The van der Waals surface area contributed by atoms with Crippen molar-refractivity contribution in [2.45, 2.75) is 26.4 Å². The van der Waals surface area contributed by atoms with Crippen molar-refractivity contribution in [1.29, 1.82) is 0 Å². The second kappa shape index (κ2) is 12.3. The van der Waals surface area contributed by atoms with Crippen molar-refractivity contribution in [3.63, 3.8) is 0 Å². The second-order valence-corrected chi connectivity index (χ2v) is 8.46. The largest absolute Gasteiger partial charge is 0.508 e. The van der Waals surface area contributed by atoms with Gasteiger partial charge in [-0.3, -0.25) is 9.68 Å². The lowest BCUT2D eigenvalue weighted by atomic mass is 10.1. The van der Waals surface area contributed by atoms with E-state index in [9.17, 15) is 5.11 Å². The number of rotatable bonds is 11. The first-order chi connectivity index (χ1) is 14.4. The molecule has 0 radical (unpaired) electrons. The number of hydrogen-bond donors (Lipinski definition) is 3. The number of hydrogen-bond acceptors (Lipinski definition) is 7. The molecule has 5 N–H and O–H groups in total. The third kappa shape index (κ3) is 8.13. The Hall–Kier alpha value is -2.44. The van der Waals surface area contributed by atoms with E-state index < -0.39 is 0 Å². The molecule has 2 rings (SSSR count). The summed E-state index contributed by atoms with van der Waals surface area (Å²) < 4.78 is 7.91. The Balaban J connectivity index is 1.87. The Labute approximate surface area is 180 Å². The zero-order valence-corrected chi connectivity index (χ0v) is 18.8. The van der Waals surface area contributed by atoms with Crippen LogP contribution in [0.4, 0.5) is 0 Å². The van der Waals surface area contributed by atoms with Gasteiger partial charge in [0.15, 0.2) is 0 Å². The SMILES string of the molecule is C/C(=P\N(C)/N=C/c1ccc(O)cc1)C(C)Oc1ccc(CCN(CN)CN)cc1. The summed E-state index contributed by atoms with van der Waals surface area (Å²) in [5.74, 6) is 1.08. The molecule has 1 unspecified atom stereocenters. The number of ether oxygens (including phenoxy) is 1. The van der Waals surface area contributed by atoms with Gasteiger partial charge in [0.25, 0.3) is 0 Å². The first kappa shape index (κ1) is 23.8. The highest BCUT2D eigenvalue weighted by molar-refractivity contribution is 7.38. The Morgan fingerprint density at radius 1 is 1.13 bits per heavy atom. The predicted octanol–water partition coefficient (Wildman–Crippen LogP) is 2.86. The molecule has 162 valence electrons. The molecule has 0 saturated carbocycles. The van der Waals surface area contributed by atoms with Crippen LogP contribution in [0.15, 0.2) is 53.6 Å². The highest BCUT2D eigenvalue weighted by Crippen LogP contribution is 2.18. The van der Waals surface area contributed by atoms with Crippen molar-refractivity contribution in [1.82, 2.24) is 9.68 Å². The fraction of sp³-hybridized carbons (Fsp3) is 0.364. The molecule has 1 atom stereocenters. The summed E-state index contributed by atoms with van der Waals surface area (Å²) in [5, 5.41) is 14.9. The summed E-state index contributed by atoms with van der Waals surface area (Å²) in [4.78, 5) is 1.99. The third-order valence-electron chi connectivity index (χ3n) is 4.63. The third-order valence-corrected chi connectivity index (χ3v) is 5.70. The Kier molecular flexibility index (Phi) is 9.77. The number of hydrazone groups is 1.